The molecule has 1 atom stereocenters. The van der Waals surface area contributed by atoms with Gasteiger partial charge in [-0.3, -0.25) is 4.99 Å². The first-order chi connectivity index (χ1) is 13.0. The zero-order chi connectivity index (χ0) is 20.1. The third-order valence-corrected chi connectivity index (χ3v) is 4.08. The van der Waals surface area contributed by atoms with Crippen LogP contribution in [-0.4, -0.2) is 61.8 Å². The normalized spacial score (nSPS) is 13.1. The predicted octanol–water partition coefficient (Wildman–Crippen LogP) is 2.79. The van der Waals surface area contributed by atoms with Crippen molar-refractivity contribution in [3.05, 3.63) is 29.8 Å². The second-order valence-electron chi connectivity index (χ2n) is 7.05. The highest BCUT2D eigenvalue weighted by molar-refractivity contribution is 5.79. The maximum absolute atomic E-state index is 10.4. The summed E-state index contributed by atoms with van der Waals surface area (Å²) in [4.78, 5) is 6.83. The third kappa shape index (κ3) is 10.2. The van der Waals surface area contributed by atoms with Gasteiger partial charge in [0, 0.05) is 19.6 Å². The van der Waals surface area contributed by atoms with Gasteiger partial charge in [0.1, 0.15) is 5.75 Å². The molecule has 0 bridgehead atoms. The van der Waals surface area contributed by atoms with Crippen molar-refractivity contribution in [2.24, 2.45) is 4.99 Å². The van der Waals surface area contributed by atoms with Gasteiger partial charge in [-0.25, -0.2) is 0 Å². The molecule has 0 aliphatic rings. The largest absolute Gasteiger partial charge is 0.491 e. The molecule has 0 aromatic heterocycles. The lowest BCUT2D eigenvalue weighted by atomic mass is 10.1. The second kappa shape index (κ2) is 13.4. The van der Waals surface area contributed by atoms with Crippen LogP contribution in [0.15, 0.2) is 29.3 Å². The molecule has 0 aliphatic carbocycles. The number of hydrogen-bond donors (Lipinski definition) is 3. The van der Waals surface area contributed by atoms with E-state index in [1.54, 1.807) is 0 Å². The predicted molar refractivity (Wildman–Crippen MR) is 114 cm³/mol. The minimum atomic E-state index is -0.638. The molecule has 154 valence electrons. The van der Waals surface area contributed by atoms with Gasteiger partial charge in [0.15, 0.2) is 5.96 Å². The standard InChI is InChI=1S/C21H38N4O2/c1-6-8-14-25(5)15-13-23-21(22-7-2)24-16-20(26)18-9-11-19(12-10-18)27-17(3)4/h9-12,17,20,26H,6-8,13-16H2,1-5H3,(H2,22,23,24). The molecule has 6 heteroatoms. The van der Waals surface area contributed by atoms with Crippen molar-refractivity contribution in [2.75, 3.05) is 39.8 Å². The highest BCUT2D eigenvalue weighted by Gasteiger charge is 2.08. The van der Waals surface area contributed by atoms with Crippen LogP contribution in [0, 0.1) is 0 Å². The van der Waals surface area contributed by atoms with Crippen LogP contribution >= 0.6 is 0 Å². The number of unbranched alkanes of at least 4 members (excludes halogenated alkanes) is 1. The van der Waals surface area contributed by atoms with Crippen LogP contribution in [0.2, 0.25) is 0 Å². The highest BCUT2D eigenvalue weighted by atomic mass is 16.5. The first kappa shape index (κ1) is 23.2. The van der Waals surface area contributed by atoms with Gasteiger partial charge in [-0.15, -0.1) is 0 Å². The Balaban J connectivity index is 2.50. The van der Waals surface area contributed by atoms with Crippen molar-refractivity contribution in [2.45, 2.75) is 52.7 Å². The molecule has 3 N–H and O–H groups in total. The van der Waals surface area contributed by atoms with Gasteiger partial charge in [-0.2, -0.15) is 0 Å². The minimum Gasteiger partial charge on any atom is -0.491 e. The van der Waals surface area contributed by atoms with E-state index in [1.165, 1.54) is 12.8 Å². The molecule has 1 aromatic carbocycles. The topological polar surface area (TPSA) is 69.1 Å². The van der Waals surface area contributed by atoms with E-state index in [4.69, 9.17) is 4.74 Å². The molecule has 1 unspecified atom stereocenters. The SMILES string of the molecule is CCCCN(C)CCNC(=NCC(O)c1ccc(OC(C)C)cc1)NCC. The van der Waals surface area contributed by atoms with E-state index < -0.39 is 6.10 Å². The summed E-state index contributed by atoms with van der Waals surface area (Å²) in [6, 6.07) is 7.55. The van der Waals surface area contributed by atoms with E-state index in [9.17, 15) is 5.11 Å². The number of aliphatic hydroxyl groups excluding tert-OH is 1. The fourth-order valence-corrected chi connectivity index (χ4v) is 2.57. The third-order valence-electron chi connectivity index (χ3n) is 4.08. The summed E-state index contributed by atoms with van der Waals surface area (Å²) < 4.78 is 5.63. The number of benzene rings is 1. The number of likely N-dealkylation sites (N-methyl/N-ethyl adjacent to an activating group) is 1. The van der Waals surface area contributed by atoms with Gasteiger partial charge in [0.25, 0.3) is 0 Å². The Morgan fingerprint density at radius 3 is 2.44 bits per heavy atom. The number of nitrogens with zero attached hydrogens (tertiary/aromatic N) is 2. The van der Waals surface area contributed by atoms with Gasteiger partial charge < -0.3 is 25.4 Å². The molecule has 0 fully saturated rings. The fraction of sp³-hybridized carbons (Fsp3) is 0.667. The summed E-state index contributed by atoms with van der Waals surface area (Å²) in [5.41, 5.74) is 0.838. The van der Waals surface area contributed by atoms with Crippen LogP contribution in [0.25, 0.3) is 0 Å². The Morgan fingerprint density at radius 2 is 1.85 bits per heavy atom. The fourth-order valence-electron chi connectivity index (χ4n) is 2.57. The number of guanidine groups is 1. The summed E-state index contributed by atoms with van der Waals surface area (Å²) in [7, 11) is 2.14. The maximum atomic E-state index is 10.4. The number of aliphatic imine (C=N–C) groups is 1. The molecule has 0 aliphatic heterocycles. The summed E-state index contributed by atoms with van der Waals surface area (Å²) >= 11 is 0. The van der Waals surface area contributed by atoms with E-state index >= 15 is 0 Å². The molecule has 0 saturated heterocycles. The minimum absolute atomic E-state index is 0.139. The van der Waals surface area contributed by atoms with Crippen LogP contribution in [0.4, 0.5) is 0 Å². The van der Waals surface area contributed by atoms with Crippen LogP contribution in [-0.2, 0) is 0 Å². The van der Waals surface area contributed by atoms with Crippen molar-refractivity contribution < 1.29 is 9.84 Å². The summed E-state index contributed by atoms with van der Waals surface area (Å²) in [6.45, 7) is 12.2. The second-order valence-corrected chi connectivity index (χ2v) is 7.05. The Kier molecular flexibility index (Phi) is 11.5. The van der Waals surface area contributed by atoms with Crippen LogP contribution in [0.5, 0.6) is 5.75 Å². The number of aliphatic hydroxyl groups is 1. The van der Waals surface area contributed by atoms with Gasteiger partial charge in [-0.05, 0) is 58.5 Å². The first-order valence-electron chi connectivity index (χ1n) is 10.1. The summed E-state index contributed by atoms with van der Waals surface area (Å²) in [5.74, 6) is 1.55. The average Bonchev–Trinajstić information content (AvgIpc) is 2.64. The number of rotatable bonds is 12. The Morgan fingerprint density at radius 1 is 1.15 bits per heavy atom. The molecule has 1 rings (SSSR count). The van der Waals surface area contributed by atoms with Crippen LogP contribution in [0.1, 0.15) is 52.2 Å². The maximum Gasteiger partial charge on any atom is 0.191 e. The van der Waals surface area contributed by atoms with Crippen molar-refractivity contribution in [1.29, 1.82) is 0 Å². The highest BCUT2D eigenvalue weighted by Crippen LogP contribution is 2.19. The lowest BCUT2D eigenvalue weighted by molar-refractivity contribution is 0.186. The molecule has 0 amide bonds. The molecule has 6 nitrogen and oxygen atoms in total. The number of nitrogens with one attached hydrogen (secondary N) is 2. The number of hydrogen-bond acceptors (Lipinski definition) is 4. The van der Waals surface area contributed by atoms with Crippen molar-refractivity contribution in [3.8, 4) is 5.75 Å². The van der Waals surface area contributed by atoms with Crippen molar-refractivity contribution >= 4 is 5.96 Å². The van der Waals surface area contributed by atoms with E-state index in [-0.39, 0.29) is 6.10 Å². The summed E-state index contributed by atoms with van der Waals surface area (Å²) in [6.07, 6.45) is 1.93. The molecule has 0 radical (unpaired) electrons. The van der Waals surface area contributed by atoms with E-state index in [1.807, 2.05) is 45.0 Å². The molecule has 1 aromatic rings. The Hall–Kier alpha value is -1.79. The lowest BCUT2D eigenvalue weighted by Gasteiger charge is -2.18. The van der Waals surface area contributed by atoms with E-state index in [0.717, 1.165) is 43.5 Å². The van der Waals surface area contributed by atoms with Gasteiger partial charge in [0.2, 0.25) is 0 Å². The average molecular weight is 379 g/mol. The first-order valence-corrected chi connectivity index (χ1v) is 10.1. The zero-order valence-corrected chi connectivity index (χ0v) is 17.7. The lowest BCUT2D eigenvalue weighted by Crippen LogP contribution is -2.41. The van der Waals surface area contributed by atoms with Crippen LogP contribution in [0.3, 0.4) is 0 Å². The molecule has 0 spiro atoms. The van der Waals surface area contributed by atoms with Crippen LogP contribution < -0.4 is 15.4 Å². The zero-order valence-electron chi connectivity index (χ0n) is 17.7. The van der Waals surface area contributed by atoms with Crippen molar-refractivity contribution in [3.63, 3.8) is 0 Å². The molecular formula is C21H38N4O2. The Bertz CT molecular complexity index is 531. The smallest absolute Gasteiger partial charge is 0.191 e. The molecule has 0 saturated carbocycles. The molecule has 27 heavy (non-hydrogen) atoms. The van der Waals surface area contributed by atoms with Gasteiger partial charge >= 0.3 is 0 Å². The summed E-state index contributed by atoms with van der Waals surface area (Å²) in [5, 5.41) is 17.0. The molecule has 0 heterocycles. The monoisotopic (exact) mass is 378 g/mol. The quantitative estimate of drug-likeness (QED) is 0.385. The van der Waals surface area contributed by atoms with Crippen molar-refractivity contribution in [1.82, 2.24) is 15.5 Å². The molecular weight excluding hydrogens is 340 g/mol. The van der Waals surface area contributed by atoms with Gasteiger partial charge in [-0.1, -0.05) is 25.5 Å². The van der Waals surface area contributed by atoms with E-state index in [2.05, 4.69) is 34.5 Å². The Labute approximate surface area is 165 Å². The van der Waals surface area contributed by atoms with Gasteiger partial charge in [0.05, 0.1) is 18.8 Å². The van der Waals surface area contributed by atoms with E-state index in [0.29, 0.717) is 6.54 Å². The number of ether oxygens (including phenoxy) is 1.